The molecule has 1 N–H and O–H groups in total. The van der Waals surface area contributed by atoms with Gasteiger partial charge in [-0.2, -0.15) is 0 Å². The summed E-state index contributed by atoms with van der Waals surface area (Å²) in [5.41, 5.74) is 0.869. The summed E-state index contributed by atoms with van der Waals surface area (Å²) in [6.45, 7) is 4.41. The molecule has 0 amide bonds. The van der Waals surface area contributed by atoms with Crippen molar-refractivity contribution in [2.45, 2.75) is 20.4 Å². The van der Waals surface area contributed by atoms with E-state index in [2.05, 4.69) is 4.98 Å². The monoisotopic (exact) mass is 260 g/mol. The fraction of sp³-hybridized carbons (Fsp3) is 0.286. The van der Waals surface area contributed by atoms with Gasteiger partial charge in [-0.1, -0.05) is 12.1 Å². The first-order valence-corrected chi connectivity index (χ1v) is 6.06. The number of hydrogen-bond acceptors (Lipinski definition) is 3. The normalized spacial score (nSPS) is 10.4. The van der Waals surface area contributed by atoms with Crippen LogP contribution in [-0.4, -0.2) is 16.2 Å². The second-order valence-corrected chi connectivity index (χ2v) is 4.43. The Kier molecular flexibility index (Phi) is 3.85. The molecule has 0 fully saturated rings. The van der Waals surface area contributed by atoms with E-state index >= 15 is 0 Å². The highest BCUT2D eigenvalue weighted by molar-refractivity contribution is 5.27. The Hall–Kier alpha value is -2.30. The van der Waals surface area contributed by atoms with Crippen LogP contribution in [0.5, 0.6) is 5.75 Å². The maximum atomic E-state index is 11.5. The van der Waals surface area contributed by atoms with Crippen LogP contribution in [0.1, 0.15) is 11.1 Å². The van der Waals surface area contributed by atoms with Gasteiger partial charge in [0.25, 0.3) is 5.56 Å². The van der Waals surface area contributed by atoms with Crippen LogP contribution in [0.3, 0.4) is 0 Å². The number of aryl methyl sites for hydroxylation is 2. The Balaban J connectivity index is 2.02. The van der Waals surface area contributed by atoms with Gasteiger partial charge in [0, 0.05) is 11.8 Å². The molecule has 100 valence electrons. The fourth-order valence-electron chi connectivity index (χ4n) is 1.75. The van der Waals surface area contributed by atoms with Gasteiger partial charge in [-0.25, -0.2) is 4.79 Å². The zero-order valence-corrected chi connectivity index (χ0v) is 11.0. The summed E-state index contributed by atoms with van der Waals surface area (Å²) in [4.78, 5) is 25.0. The van der Waals surface area contributed by atoms with Crippen molar-refractivity contribution in [3.8, 4) is 5.75 Å². The second-order valence-electron chi connectivity index (χ2n) is 4.43. The molecule has 1 aromatic heterocycles. The van der Waals surface area contributed by atoms with Gasteiger partial charge in [0.1, 0.15) is 12.4 Å². The lowest BCUT2D eigenvalue weighted by molar-refractivity contribution is 0.295. The summed E-state index contributed by atoms with van der Waals surface area (Å²) >= 11 is 0. The minimum Gasteiger partial charge on any atom is -0.492 e. The maximum absolute atomic E-state index is 11.5. The molecule has 2 rings (SSSR count). The zero-order chi connectivity index (χ0) is 13.8. The SMILES string of the molecule is Cc1cccc(OCCn2cc(C)c(=O)[nH]c2=O)c1. The molecule has 1 heterocycles. The van der Waals surface area contributed by atoms with E-state index in [1.807, 2.05) is 31.2 Å². The summed E-state index contributed by atoms with van der Waals surface area (Å²) < 4.78 is 7.00. The van der Waals surface area contributed by atoms with E-state index in [0.29, 0.717) is 18.7 Å². The van der Waals surface area contributed by atoms with Crippen molar-refractivity contribution in [2.24, 2.45) is 0 Å². The lowest BCUT2D eigenvalue weighted by Gasteiger charge is -2.08. The third-order valence-corrected chi connectivity index (χ3v) is 2.78. The molecule has 1 aromatic carbocycles. The molecule has 0 aliphatic heterocycles. The highest BCUT2D eigenvalue weighted by Crippen LogP contribution is 2.11. The van der Waals surface area contributed by atoms with Gasteiger partial charge in [0.15, 0.2) is 0 Å². The molecule has 0 saturated heterocycles. The van der Waals surface area contributed by atoms with Crippen molar-refractivity contribution in [1.29, 1.82) is 0 Å². The van der Waals surface area contributed by atoms with E-state index in [4.69, 9.17) is 4.74 Å². The van der Waals surface area contributed by atoms with Crippen LogP contribution in [0.4, 0.5) is 0 Å². The third-order valence-electron chi connectivity index (χ3n) is 2.78. The zero-order valence-electron chi connectivity index (χ0n) is 11.0. The summed E-state index contributed by atoms with van der Waals surface area (Å²) in [5, 5.41) is 0. The molecule has 0 unspecified atom stereocenters. The van der Waals surface area contributed by atoms with Crippen molar-refractivity contribution in [3.63, 3.8) is 0 Å². The van der Waals surface area contributed by atoms with Crippen LogP contribution < -0.4 is 16.0 Å². The van der Waals surface area contributed by atoms with E-state index < -0.39 is 5.69 Å². The number of rotatable bonds is 4. The summed E-state index contributed by atoms with van der Waals surface area (Å²) in [7, 11) is 0. The molecule has 0 saturated carbocycles. The number of aromatic amines is 1. The van der Waals surface area contributed by atoms with Crippen LogP contribution >= 0.6 is 0 Å². The van der Waals surface area contributed by atoms with Crippen molar-refractivity contribution >= 4 is 0 Å². The van der Waals surface area contributed by atoms with Gasteiger partial charge < -0.3 is 4.74 Å². The Morgan fingerprint density at radius 2 is 2.05 bits per heavy atom. The Morgan fingerprint density at radius 3 is 2.79 bits per heavy atom. The highest BCUT2D eigenvalue weighted by Gasteiger charge is 2.01. The number of H-pyrrole nitrogens is 1. The first-order chi connectivity index (χ1) is 9.06. The van der Waals surface area contributed by atoms with Crippen LogP contribution in [0, 0.1) is 13.8 Å². The van der Waals surface area contributed by atoms with Gasteiger partial charge in [-0.05, 0) is 31.5 Å². The summed E-state index contributed by atoms with van der Waals surface area (Å²) in [6.07, 6.45) is 1.54. The predicted octanol–water partition coefficient (Wildman–Crippen LogP) is 1.23. The molecule has 5 heteroatoms. The molecular formula is C14H16N2O3. The molecule has 0 atom stereocenters. The Morgan fingerprint density at radius 1 is 1.26 bits per heavy atom. The van der Waals surface area contributed by atoms with E-state index in [-0.39, 0.29) is 5.56 Å². The second kappa shape index (κ2) is 5.56. The van der Waals surface area contributed by atoms with Crippen LogP contribution in [-0.2, 0) is 6.54 Å². The van der Waals surface area contributed by atoms with Gasteiger partial charge in [0.05, 0.1) is 6.54 Å². The number of hydrogen-bond donors (Lipinski definition) is 1. The lowest BCUT2D eigenvalue weighted by atomic mass is 10.2. The van der Waals surface area contributed by atoms with Crippen molar-refractivity contribution in [3.05, 3.63) is 62.4 Å². The molecule has 0 spiro atoms. The molecule has 0 radical (unpaired) electrons. The topological polar surface area (TPSA) is 64.1 Å². The number of aromatic nitrogens is 2. The fourth-order valence-corrected chi connectivity index (χ4v) is 1.75. The number of nitrogens with one attached hydrogen (secondary N) is 1. The molecule has 0 aliphatic rings. The van der Waals surface area contributed by atoms with Crippen molar-refractivity contribution in [2.75, 3.05) is 6.61 Å². The molecule has 0 aliphatic carbocycles. The van der Waals surface area contributed by atoms with Crippen LogP contribution in [0.15, 0.2) is 40.1 Å². The molecule has 19 heavy (non-hydrogen) atoms. The van der Waals surface area contributed by atoms with E-state index in [9.17, 15) is 9.59 Å². The predicted molar refractivity (Wildman–Crippen MR) is 72.7 cm³/mol. The minimum absolute atomic E-state index is 0.346. The lowest BCUT2D eigenvalue weighted by Crippen LogP contribution is -2.32. The van der Waals surface area contributed by atoms with Gasteiger partial charge >= 0.3 is 5.69 Å². The van der Waals surface area contributed by atoms with Gasteiger partial charge in [-0.3, -0.25) is 14.3 Å². The van der Waals surface area contributed by atoms with Crippen LogP contribution in [0.25, 0.3) is 0 Å². The van der Waals surface area contributed by atoms with Gasteiger partial charge in [-0.15, -0.1) is 0 Å². The number of benzene rings is 1. The van der Waals surface area contributed by atoms with Crippen molar-refractivity contribution in [1.82, 2.24) is 9.55 Å². The Labute approximate surface area is 110 Å². The summed E-state index contributed by atoms with van der Waals surface area (Å²) in [6, 6.07) is 7.71. The quantitative estimate of drug-likeness (QED) is 0.899. The van der Waals surface area contributed by atoms with Gasteiger partial charge in [0.2, 0.25) is 0 Å². The third kappa shape index (κ3) is 3.34. The average Bonchev–Trinajstić information content (AvgIpc) is 2.35. The smallest absolute Gasteiger partial charge is 0.328 e. The van der Waals surface area contributed by atoms with E-state index in [1.54, 1.807) is 13.1 Å². The molecule has 2 aromatic rings. The van der Waals surface area contributed by atoms with Crippen molar-refractivity contribution < 1.29 is 4.74 Å². The largest absolute Gasteiger partial charge is 0.492 e. The molecule has 5 nitrogen and oxygen atoms in total. The van der Waals surface area contributed by atoms with E-state index in [1.165, 1.54) is 4.57 Å². The summed E-state index contributed by atoms with van der Waals surface area (Å²) in [5.74, 6) is 0.772. The Bertz CT molecular complexity index is 686. The standard InChI is InChI=1S/C14H16N2O3/c1-10-4-3-5-12(8-10)19-7-6-16-9-11(2)13(17)15-14(16)18/h3-5,8-9H,6-7H2,1-2H3,(H,15,17,18). The average molecular weight is 260 g/mol. The first kappa shape index (κ1) is 13.1. The number of ether oxygens (including phenoxy) is 1. The van der Waals surface area contributed by atoms with Crippen LogP contribution in [0.2, 0.25) is 0 Å². The molecular weight excluding hydrogens is 244 g/mol. The first-order valence-electron chi connectivity index (χ1n) is 6.06. The van der Waals surface area contributed by atoms with E-state index in [0.717, 1.165) is 11.3 Å². The highest BCUT2D eigenvalue weighted by atomic mass is 16.5. The molecule has 0 bridgehead atoms. The minimum atomic E-state index is -0.413. The number of nitrogens with zero attached hydrogens (tertiary/aromatic N) is 1. The maximum Gasteiger partial charge on any atom is 0.328 e.